The van der Waals surface area contributed by atoms with Gasteiger partial charge < -0.3 is 10.1 Å². The third-order valence-electron chi connectivity index (χ3n) is 1.39. The Kier molecular flexibility index (Phi) is 2.31. The molecule has 11 heavy (non-hydrogen) atoms. The van der Waals surface area contributed by atoms with E-state index in [1.165, 1.54) is 13.2 Å². The smallest absolute Gasteiger partial charge is 0.163 e. The number of rotatable bonds is 2. The van der Waals surface area contributed by atoms with E-state index in [4.69, 9.17) is 4.74 Å². The van der Waals surface area contributed by atoms with Crippen LogP contribution in [0, 0.1) is 5.82 Å². The number of halogens is 1. The average molecular weight is 154 g/mol. The molecule has 60 valence electrons. The van der Waals surface area contributed by atoms with Gasteiger partial charge in [0.05, 0.1) is 7.11 Å². The van der Waals surface area contributed by atoms with Crippen LogP contribution in [-0.4, -0.2) is 14.2 Å². The van der Waals surface area contributed by atoms with Crippen molar-refractivity contribution in [1.29, 1.82) is 0 Å². The number of benzene rings is 1. The maximum Gasteiger partial charge on any atom is 0.163 e. The van der Waals surface area contributed by atoms with E-state index in [-0.39, 0.29) is 11.6 Å². The highest BCUT2D eigenvalue weighted by atomic mass is 19.1. The topological polar surface area (TPSA) is 23.3 Å². The van der Waals surface area contributed by atoms with Crippen molar-refractivity contribution >= 4 is 5.69 Å². The van der Waals surface area contributed by atoms with Crippen LogP contribution in [0.3, 0.4) is 0 Å². The van der Waals surface area contributed by atoms with E-state index < -0.39 is 0 Å². The van der Waals surface area contributed by atoms with Crippen molar-refractivity contribution in [3.63, 3.8) is 0 Å². The molecule has 2 nitrogen and oxygen atoms in total. The molecule has 0 spiro atoms. The van der Waals surface area contributed by atoms with Gasteiger partial charge in [0, 0.05) is 0 Å². The summed E-state index contributed by atoms with van der Waals surface area (Å²) in [5, 5.41) is 3.81. The second kappa shape index (κ2) is 3.23. The molecule has 0 radical (unpaired) electrons. The predicted octanol–water partition coefficient (Wildman–Crippen LogP) is 2.47. The van der Waals surface area contributed by atoms with Crippen molar-refractivity contribution in [2.75, 3.05) is 14.2 Å². The lowest BCUT2D eigenvalue weighted by Crippen LogP contribution is -1.86. The molecule has 0 saturated heterocycles. The van der Waals surface area contributed by atoms with Gasteiger partial charge in [0.2, 0.25) is 0 Å². The van der Waals surface area contributed by atoms with Crippen LogP contribution in [0.5, 0.6) is 5.75 Å². The summed E-state index contributed by atoms with van der Waals surface area (Å²) in [6.07, 6.45) is 0. The van der Waals surface area contributed by atoms with Gasteiger partial charge in [-0.3, -0.25) is 0 Å². The molecule has 0 saturated carbocycles. The van der Waals surface area contributed by atoms with Crippen molar-refractivity contribution in [3.8, 4) is 5.75 Å². The quantitative estimate of drug-likeness (QED) is 0.641. The highest BCUT2D eigenvalue weighted by Gasteiger charge is 1.97. The Labute approximate surface area is 65.0 Å². The molecule has 0 unspecified atom stereocenters. The Bertz CT molecular complexity index is 250. The van der Waals surface area contributed by atoms with E-state index in [9.17, 15) is 4.39 Å². The normalized spacial score (nSPS) is 9.36. The van der Waals surface area contributed by atoms with Crippen LogP contribution >= 0.6 is 0 Å². The molecule has 0 amide bonds. The summed E-state index contributed by atoms with van der Waals surface area (Å²) in [6, 6.07) is 4.58. The molecule has 0 N–H and O–H groups in total. The molecule has 0 atom stereocenters. The number of hydrogen-bond donors (Lipinski definition) is 0. The zero-order valence-corrected chi connectivity index (χ0v) is 6.47. The van der Waals surface area contributed by atoms with E-state index in [0.717, 1.165) is 0 Å². The first-order valence-corrected chi connectivity index (χ1v) is 3.21. The third kappa shape index (κ3) is 1.61. The van der Waals surface area contributed by atoms with Crippen LogP contribution in [0.25, 0.3) is 5.32 Å². The fourth-order valence-corrected chi connectivity index (χ4v) is 0.794. The minimum absolute atomic E-state index is 0.248. The molecule has 3 heteroatoms. The van der Waals surface area contributed by atoms with Crippen molar-refractivity contribution in [2.45, 2.75) is 0 Å². The summed E-state index contributed by atoms with van der Waals surface area (Å²) in [5.41, 5.74) is 0.614. The minimum atomic E-state index is -0.379. The van der Waals surface area contributed by atoms with Crippen LogP contribution in [0.2, 0.25) is 0 Å². The van der Waals surface area contributed by atoms with Gasteiger partial charge in [-0.1, -0.05) is 6.07 Å². The number of methoxy groups -OCH3 is 1. The molecule has 0 fully saturated rings. The Morgan fingerprint density at radius 3 is 2.64 bits per heavy atom. The van der Waals surface area contributed by atoms with Crippen LogP contribution in [0.1, 0.15) is 0 Å². The number of nitrogens with zero attached hydrogens (tertiary/aromatic N) is 1. The second-order valence-electron chi connectivity index (χ2n) is 2.04. The van der Waals surface area contributed by atoms with Gasteiger partial charge in [0.25, 0.3) is 0 Å². The summed E-state index contributed by atoms with van der Waals surface area (Å²) in [7, 11) is 3.04. The van der Waals surface area contributed by atoms with Crippen LogP contribution in [-0.2, 0) is 0 Å². The monoisotopic (exact) mass is 154 g/mol. The first kappa shape index (κ1) is 7.85. The van der Waals surface area contributed by atoms with Crippen LogP contribution < -0.4 is 4.74 Å². The minimum Gasteiger partial charge on any atom is -0.687 e. The predicted molar refractivity (Wildman–Crippen MR) is 41.9 cm³/mol. The lowest BCUT2D eigenvalue weighted by molar-refractivity contribution is 0.387. The Morgan fingerprint density at radius 2 is 2.18 bits per heavy atom. The fourth-order valence-electron chi connectivity index (χ4n) is 0.794. The van der Waals surface area contributed by atoms with Gasteiger partial charge in [0.1, 0.15) is 0 Å². The molecule has 0 bridgehead atoms. The summed E-state index contributed by atoms with van der Waals surface area (Å²) in [5.74, 6) is -0.131. The molecular formula is C8H9FNO-. The molecule has 1 aromatic rings. The molecule has 0 aliphatic carbocycles. The first-order chi connectivity index (χ1) is 5.27. The van der Waals surface area contributed by atoms with E-state index in [2.05, 4.69) is 5.32 Å². The Hall–Kier alpha value is -1.25. The number of hydrogen-bond acceptors (Lipinski definition) is 1. The van der Waals surface area contributed by atoms with Gasteiger partial charge in [-0.2, -0.15) is 0 Å². The number of ether oxygens (including phenoxy) is 1. The second-order valence-corrected chi connectivity index (χ2v) is 2.04. The van der Waals surface area contributed by atoms with E-state index in [0.29, 0.717) is 5.69 Å². The Balaban J connectivity index is 2.99. The average Bonchev–Trinajstić information content (AvgIpc) is 2.04. The summed E-state index contributed by atoms with van der Waals surface area (Å²) >= 11 is 0. The van der Waals surface area contributed by atoms with Crippen LogP contribution in [0.15, 0.2) is 18.2 Å². The van der Waals surface area contributed by atoms with Crippen molar-refractivity contribution in [2.24, 2.45) is 0 Å². The lowest BCUT2D eigenvalue weighted by atomic mass is 10.3. The van der Waals surface area contributed by atoms with Crippen LogP contribution in [0.4, 0.5) is 10.1 Å². The maximum atomic E-state index is 12.9. The van der Waals surface area contributed by atoms with Crippen molar-refractivity contribution < 1.29 is 9.13 Å². The lowest BCUT2D eigenvalue weighted by Gasteiger charge is -2.13. The fraction of sp³-hybridized carbons (Fsp3) is 0.250. The largest absolute Gasteiger partial charge is 0.687 e. The van der Waals surface area contributed by atoms with E-state index in [1.54, 1.807) is 19.2 Å². The van der Waals surface area contributed by atoms with Gasteiger partial charge in [0.15, 0.2) is 11.6 Å². The highest BCUT2D eigenvalue weighted by molar-refractivity contribution is 5.50. The Morgan fingerprint density at radius 1 is 1.45 bits per heavy atom. The summed E-state index contributed by atoms with van der Waals surface area (Å²) in [4.78, 5) is 0. The van der Waals surface area contributed by atoms with Gasteiger partial charge in [-0.25, -0.2) is 4.39 Å². The molecule has 0 heterocycles. The molecule has 0 aliphatic heterocycles. The van der Waals surface area contributed by atoms with Gasteiger partial charge in [-0.05, 0) is 12.1 Å². The zero-order valence-electron chi connectivity index (χ0n) is 6.47. The van der Waals surface area contributed by atoms with Crippen molar-refractivity contribution in [3.05, 3.63) is 29.3 Å². The van der Waals surface area contributed by atoms with Crippen molar-refractivity contribution in [1.82, 2.24) is 0 Å². The molecule has 1 aromatic carbocycles. The van der Waals surface area contributed by atoms with Gasteiger partial charge in [-0.15, -0.1) is 12.7 Å². The summed E-state index contributed by atoms with van der Waals surface area (Å²) in [6.45, 7) is 0. The van der Waals surface area contributed by atoms with E-state index >= 15 is 0 Å². The SMILES string of the molecule is C[N-]c1ccc(OC)c(F)c1. The third-order valence-corrected chi connectivity index (χ3v) is 1.39. The highest BCUT2D eigenvalue weighted by Crippen LogP contribution is 2.23. The summed E-state index contributed by atoms with van der Waals surface area (Å²) < 4.78 is 17.6. The molecule has 0 aromatic heterocycles. The first-order valence-electron chi connectivity index (χ1n) is 3.21. The zero-order chi connectivity index (χ0) is 8.27. The molecule has 0 aliphatic rings. The standard InChI is InChI=1S/C8H9FNO/c1-10-6-3-4-8(11-2)7(9)5-6/h3-5H,1-2H3/q-1. The van der Waals surface area contributed by atoms with E-state index in [1.807, 2.05) is 0 Å². The molecule has 1 rings (SSSR count). The van der Waals surface area contributed by atoms with Gasteiger partial charge >= 0.3 is 0 Å². The maximum absolute atomic E-state index is 12.9. The molecular weight excluding hydrogens is 145 g/mol.